The summed E-state index contributed by atoms with van der Waals surface area (Å²) in [5.74, 6) is -2.45. The minimum Gasteiger partial charge on any atom is -0.492 e. The number of benzene rings is 3. The summed E-state index contributed by atoms with van der Waals surface area (Å²) in [7, 11) is -3.66. The third-order valence-electron chi connectivity index (χ3n) is 5.85. The Morgan fingerprint density at radius 2 is 1.86 bits per heavy atom. The van der Waals surface area contributed by atoms with Crippen molar-refractivity contribution in [1.29, 1.82) is 0 Å². The number of hydrogen-bond donors (Lipinski definition) is 2. The Bertz CT molecular complexity index is 1370. The number of sulfonamides is 1. The number of nitrogens with zero attached hydrogens (tertiary/aromatic N) is 1. The van der Waals surface area contributed by atoms with Crippen molar-refractivity contribution in [2.75, 3.05) is 25.0 Å². The highest BCUT2D eigenvalue weighted by molar-refractivity contribution is 14.1. The Morgan fingerprint density at radius 3 is 2.56 bits per heavy atom. The Labute approximate surface area is 221 Å². The molecule has 3 aromatic rings. The summed E-state index contributed by atoms with van der Waals surface area (Å²) in [5, 5.41) is 2.73. The van der Waals surface area contributed by atoms with Gasteiger partial charge in [0.15, 0.2) is 0 Å². The molecule has 190 valence electrons. The molecule has 0 bridgehead atoms. The monoisotopic (exact) mass is 627 g/mol. The number of rotatable bonds is 8. The molecule has 3 aromatic carbocycles. The smallest absolute Gasteiger partial charge is 0.254 e. The van der Waals surface area contributed by atoms with Crippen LogP contribution >= 0.6 is 22.6 Å². The second-order valence-electron chi connectivity index (χ2n) is 8.44. The number of halogens is 3. The lowest BCUT2D eigenvalue weighted by molar-refractivity contribution is 0.0995. The van der Waals surface area contributed by atoms with E-state index in [1.54, 1.807) is 36.4 Å². The van der Waals surface area contributed by atoms with E-state index in [-0.39, 0.29) is 46.7 Å². The van der Waals surface area contributed by atoms with E-state index >= 15 is 0 Å². The van der Waals surface area contributed by atoms with Crippen LogP contribution in [0.3, 0.4) is 0 Å². The average molecular weight is 627 g/mol. The van der Waals surface area contributed by atoms with Gasteiger partial charge in [0.1, 0.15) is 22.9 Å². The van der Waals surface area contributed by atoms with Crippen LogP contribution in [0.2, 0.25) is 0 Å². The van der Waals surface area contributed by atoms with E-state index < -0.39 is 27.6 Å². The second kappa shape index (κ2) is 11.1. The van der Waals surface area contributed by atoms with Crippen molar-refractivity contribution in [1.82, 2.24) is 4.31 Å². The van der Waals surface area contributed by atoms with E-state index in [0.717, 1.165) is 12.1 Å². The van der Waals surface area contributed by atoms with Gasteiger partial charge in [-0.05, 0) is 71.8 Å². The minimum absolute atomic E-state index is 0.0328. The SMILES string of the molecule is NC(=O)c1c(Nc2ccc(I)cc2F)cc(F)cc1OCC1CCCN(S(=O)(=O)c2ccccc2)C1. The zero-order valence-corrected chi connectivity index (χ0v) is 22.1. The summed E-state index contributed by atoms with van der Waals surface area (Å²) in [5.41, 5.74) is 5.46. The van der Waals surface area contributed by atoms with Crippen molar-refractivity contribution in [2.24, 2.45) is 11.7 Å². The number of primary amides is 1. The highest BCUT2D eigenvalue weighted by Crippen LogP contribution is 2.33. The molecule has 11 heteroatoms. The second-order valence-corrected chi connectivity index (χ2v) is 11.6. The lowest BCUT2D eigenvalue weighted by Gasteiger charge is -2.32. The molecule has 1 aliphatic heterocycles. The van der Waals surface area contributed by atoms with Crippen LogP contribution in [0.15, 0.2) is 65.6 Å². The topological polar surface area (TPSA) is 102 Å². The van der Waals surface area contributed by atoms with E-state index in [4.69, 9.17) is 10.5 Å². The zero-order chi connectivity index (χ0) is 25.9. The van der Waals surface area contributed by atoms with Crippen LogP contribution < -0.4 is 15.8 Å². The van der Waals surface area contributed by atoms with Crippen LogP contribution in [0.5, 0.6) is 5.75 Å². The molecule has 1 fully saturated rings. The van der Waals surface area contributed by atoms with Crippen LogP contribution in [-0.4, -0.2) is 38.3 Å². The summed E-state index contributed by atoms with van der Waals surface area (Å²) >= 11 is 1.96. The fourth-order valence-electron chi connectivity index (χ4n) is 4.11. The van der Waals surface area contributed by atoms with Crippen LogP contribution in [0, 0.1) is 21.1 Å². The van der Waals surface area contributed by atoms with Gasteiger partial charge in [-0.25, -0.2) is 17.2 Å². The van der Waals surface area contributed by atoms with E-state index in [9.17, 15) is 22.0 Å². The van der Waals surface area contributed by atoms with Crippen molar-refractivity contribution < 1.29 is 26.7 Å². The molecule has 4 rings (SSSR count). The molecule has 0 saturated carbocycles. The number of hydrogen-bond acceptors (Lipinski definition) is 5. The van der Waals surface area contributed by atoms with Crippen molar-refractivity contribution in [3.05, 3.63) is 81.4 Å². The van der Waals surface area contributed by atoms with Crippen LogP contribution in [0.4, 0.5) is 20.2 Å². The van der Waals surface area contributed by atoms with Gasteiger partial charge in [-0.3, -0.25) is 4.79 Å². The molecule has 1 unspecified atom stereocenters. The third kappa shape index (κ3) is 5.95. The molecule has 0 aromatic heterocycles. The van der Waals surface area contributed by atoms with E-state index in [1.165, 1.54) is 16.4 Å². The maximum Gasteiger partial charge on any atom is 0.254 e. The normalized spacial score (nSPS) is 16.5. The Morgan fingerprint density at radius 1 is 1.11 bits per heavy atom. The number of nitrogens with one attached hydrogen (secondary N) is 1. The van der Waals surface area contributed by atoms with Crippen molar-refractivity contribution in [2.45, 2.75) is 17.7 Å². The molecule has 0 aliphatic carbocycles. The molecule has 0 spiro atoms. The summed E-state index contributed by atoms with van der Waals surface area (Å²) in [6.45, 7) is 0.648. The molecule has 3 N–H and O–H groups in total. The third-order valence-corrected chi connectivity index (χ3v) is 8.40. The number of carbonyl (C=O) groups is 1. The molecule has 7 nitrogen and oxygen atoms in total. The quantitative estimate of drug-likeness (QED) is 0.347. The lowest BCUT2D eigenvalue weighted by atomic mass is 10.0. The number of carbonyl (C=O) groups excluding carboxylic acids is 1. The average Bonchev–Trinajstić information content (AvgIpc) is 2.84. The first kappa shape index (κ1) is 26.3. The first-order chi connectivity index (χ1) is 17.1. The molecule has 1 saturated heterocycles. The van der Waals surface area contributed by atoms with E-state index in [0.29, 0.717) is 23.0 Å². The minimum atomic E-state index is -3.66. The van der Waals surface area contributed by atoms with Crippen LogP contribution in [-0.2, 0) is 10.0 Å². The Kier molecular flexibility index (Phi) is 8.10. The van der Waals surface area contributed by atoms with Crippen LogP contribution in [0.1, 0.15) is 23.2 Å². The molecule has 36 heavy (non-hydrogen) atoms. The lowest BCUT2D eigenvalue weighted by Crippen LogP contribution is -2.41. The summed E-state index contributed by atoms with van der Waals surface area (Å²) < 4.78 is 62.7. The van der Waals surface area contributed by atoms with Gasteiger partial charge in [-0.15, -0.1) is 0 Å². The maximum absolute atomic E-state index is 14.5. The molecule has 1 atom stereocenters. The number of ether oxygens (including phenoxy) is 1. The molecular weight excluding hydrogens is 603 g/mol. The molecule has 1 amide bonds. The largest absolute Gasteiger partial charge is 0.492 e. The predicted octanol–water partition coefficient (Wildman–Crippen LogP) is 4.89. The number of amides is 1. The molecule has 0 radical (unpaired) electrons. The number of piperidine rings is 1. The highest BCUT2D eigenvalue weighted by atomic mass is 127. The van der Waals surface area contributed by atoms with Gasteiger partial charge in [-0.2, -0.15) is 4.31 Å². The van der Waals surface area contributed by atoms with Gasteiger partial charge in [0.25, 0.3) is 5.91 Å². The van der Waals surface area contributed by atoms with Gasteiger partial charge < -0.3 is 15.8 Å². The molecular formula is C25H24F2IN3O4S. The maximum atomic E-state index is 14.5. The predicted molar refractivity (Wildman–Crippen MR) is 141 cm³/mol. The Balaban J connectivity index is 1.53. The summed E-state index contributed by atoms with van der Waals surface area (Å²) in [4.78, 5) is 12.5. The summed E-state index contributed by atoms with van der Waals surface area (Å²) in [6.07, 6.45) is 1.33. The number of anilines is 2. The van der Waals surface area contributed by atoms with Gasteiger partial charge in [0.05, 0.1) is 22.9 Å². The van der Waals surface area contributed by atoms with Crippen molar-refractivity contribution >= 4 is 49.9 Å². The van der Waals surface area contributed by atoms with E-state index in [2.05, 4.69) is 5.32 Å². The van der Waals surface area contributed by atoms with Gasteiger partial charge in [0, 0.05) is 28.6 Å². The first-order valence-electron chi connectivity index (χ1n) is 11.2. The highest BCUT2D eigenvalue weighted by Gasteiger charge is 2.31. The van der Waals surface area contributed by atoms with E-state index in [1.807, 2.05) is 22.6 Å². The van der Waals surface area contributed by atoms with Gasteiger partial charge in [0.2, 0.25) is 10.0 Å². The van der Waals surface area contributed by atoms with Crippen molar-refractivity contribution in [3.8, 4) is 5.75 Å². The Hall–Kier alpha value is -2.77. The zero-order valence-electron chi connectivity index (χ0n) is 19.1. The standard InChI is InChI=1S/C25H24F2IN3O4S/c26-17-11-22(30-21-9-8-18(28)13-20(21)27)24(25(29)32)23(12-17)35-15-16-5-4-10-31(14-16)36(33,34)19-6-2-1-3-7-19/h1-3,6-9,11-13,16,30H,4-5,10,14-15H2,(H2,29,32). The fraction of sp³-hybridized carbons (Fsp3) is 0.240. The molecule has 1 heterocycles. The summed E-state index contributed by atoms with van der Waals surface area (Å²) in [6, 6.07) is 14.7. The molecule has 1 aliphatic rings. The van der Waals surface area contributed by atoms with Gasteiger partial charge >= 0.3 is 0 Å². The first-order valence-corrected chi connectivity index (χ1v) is 13.7. The number of nitrogens with two attached hydrogens (primary N) is 1. The van der Waals surface area contributed by atoms with Crippen molar-refractivity contribution in [3.63, 3.8) is 0 Å². The van der Waals surface area contributed by atoms with Gasteiger partial charge in [-0.1, -0.05) is 18.2 Å². The fourth-order valence-corrected chi connectivity index (χ4v) is 6.14. The van der Waals surface area contributed by atoms with Crippen LogP contribution in [0.25, 0.3) is 0 Å².